The molecular weight excluding hydrogens is 431 g/mol. The smallest absolute Gasteiger partial charge is 0.166 e. The highest BCUT2D eigenvalue weighted by Crippen LogP contribution is 2.40. The standard InChI is InChI=1S/C22H21FN6O2S/c1-12-16-8-14(23)3-4-20(16)32(30)15(5-6-27-32)9-17-21(18(10-24)29(2)28-17)13-7-19(31-12)22(25)26-11-13/h3-4,7-8,11-12,15H,5-6,9H2,1-2H3,(H2,25,26)/t12-,15+,32?/m1/s1. The van der Waals surface area contributed by atoms with E-state index in [0.717, 1.165) is 0 Å². The van der Waals surface area contributed by atoms with Crippen molar-refractivity contribution >= 4 is 15.5 Å². The molecule has 10 heteroatoms. The van der Waals surface area contributed by atoms with Crippen molar-refractivity contribution in [1.82, 2.24) is 14.8 Å². The molecule has 0 fully saturated rings. The Labute approximate surface area is 185 Å². The molecule has 1 unspecified atom stereocenters. The second-order valence-corrected chi connectivity index (χ2v) is 10.5. The Morgan fingerprint density at radius 2 is 2.19 bits per heavy atom. The number of nitrogen functional groups attached to an aromatic ring is 1. The summed E-state index contributed by atoms with van der Waals surface area (Å²) in [5.41, 5.74) is 8.78. The van der Waals surface area contributed by atoms with E-state index >= 15 is 0 Å². The van der Waals surface area contributed by atoms with Crippen molar-refractivity contribution in [3.63, 3.8) is 0 Å². The number of pyridine rings is 1. The number of ether oxygens (including phenoxy) is 1. The summed E-state index contributed by atoms with van der Waals surface area (Å²) in [6.07, 6.45) is 1.88. The monoisotopic (exact) mass is 452 g/mol. The SMILES string of the molecule is C[C@H]1Oc2cc(cnc2N)-c2c(nn(C)c2C#N)C[C@@H]2CCN=S2(=O)c2ccc(F)cc21. The molecule has 0 amide bonds. The summed E-state index contributed by atoms with van der Waals surface area (Å²) < 4.78 is 40.6. The maximum Gasteiger partial charge on any atom is 0.166 e. The highest BCUT2D eigenvalue weighted by atomic mass is 32.2. The van der Waals surface area contributed by atoms with E-state index in [1.807, 2.05) is 0 Å². The van der Waals surface area contributed by atoms with E-state index in [4.69, 9.17) is 10.5 Å². The van der Waals surface area contributed by atoms with Crippen LogP contribution in [0.2, 0.25) is 0 Å². The molecule has 1 aromatic carbocycles. The van der Waals surface area contributed by atoms with Crippen LogP contribution >= 0.6 is 0 Å². The van der Waals surface area contributed by atoms with Crippen LogP contribution in [0.4, 0.5) is 10.2 Å². The molecule has 2 bridgehead atoms. The number of nitrogens with two attached hydrogens (primary N) is 1. The molecule has 0 aliphatic carbocycles. The highest BCUT2D eigenvalue weighted by Gasteiger charge is 2.35. The van der Waals surface area contributed by atoms with Crippen molar-refractivity contribution < 1.29 is 13.3 Å². The van der Waals surface area contributed by atoms with Crippen LogP contribution < -0.4 is 10.5 Å². The molecule has 0 spiro atoms. The number of benzene rings is 1. The number of nitriles is 1. The summed E-state index contributed by atoms with van der Waals surface area (Å²) in [6.45, 7) is 2.18. The van der Waals surface area contributed by atoms with Crippen molar-refractivity contribution in [1.29, 1.82) is 5.26 Å². The molecule has 0 saturated carbocycles. The summed E-state index contributed by atoms with van der Waals surface area (Å²) in [5.74, 6) is 0.000810. The maximum absolute atomic E-state index is 14.2. The van der Waals surface area contributed by atoms with E-state index in [0.29, 0.717) is 58.1 Å². The molecule has 32 heavy (non-hydrogen) atoms. The Morgan fingerprint density at radius 1 is 1.38 bits per heavy atom. The first-order chi connectivity index (χ1) is 15.3. The van der Waals surface area contributed by atoms with Crippen LogP contribution in [0.5, 0.6) is 5.75 Å². The van der Waals surface area contributed by atoms with E-state index in [1.165, 1.54) is 16.8 Å². The zero-order chi connectivity index (χ0) is 22.6. The van der Waals surface area contributed by atoms with E-state index in [1.54, 1.807) is 32.3 Å². The van der Waals surface area contributed by atoms with Crippen molar-refractivity contribution in [2.24, 2.45) is 11.4 Å². The number of nitrogens with zero attached hydrogens (tertiary/aromatic N) is 5. The average molecular weight is 453 g/mol. The van der Waals surface area contributed by atoms with Gasteiger partial charge < -0.3 is 10.5 Å². The first-order valence-corrected chi connectivity index (χ1v) is 11.8. The molecule has 2 aromatic heterocycles. The Morgan fingerprint density at radius 3 is 2.97 bits per heavy atom. The van der Waals surface area contributed by atoms with Gasteiger partial charge in [0.2, 0.25) is 0 Å². The fourth-order valence-corrected chi connectivity index (χ4v) is 7.19. The number of halogens is 1. The van der Waals surface area contributed by atoms with Crippen molar-refractivity contribution in [2.45, 2.75) is 36.0 Å². The average Bonchev–Trinajstić information content (AvgIpc) is 3.28. The molecule has 164 valence electrons. The van der Waals surface area contributed by atoms with Gasteiger partial charge in [-0.1, -0.05) is 0 Å². The third-order valence-electron chi connectivity index (χ3n) is 6.03. The third kappa shape index (κ3) is 3.04. The normalized spacial score (nSPS) is 23.9. The lowest BCUT2D eigenvalue weighted by Crippen LogP contribution is -2.23. The Kier molecular flexibility index (Phi) is 4.67. The summed E-state index contributed by atoms with van der Waals surface area (Å²) in [4.78, 5) is 4.73. The predicted molar refractivity (Wildman–Crippen MR) is 117 cm³/mol. The van der Waals surface area contributed by atoms with E-state index < -0.39 is 21.7 Å². The molecular formula is C22H21FN6O2S. The summed E-state index contributed by atoms with van der Waals surface area (Å²) in [7, 11) is -1.18. The highest BCUT2D eigenvalue weighted by molar-refractivity contribution is 7.94. The minimum Gasteiger partial charge on any atom is -0.482 e. The number of aryl methyl sites for hydroxylation is 1. The minimum absolute atomic E-state index is 0.159. The van der Waals surface area contributed by atoms with E-state index in [9.17, 15) is 13.9 Å². The Balaban J connectivity index is 1.82. The van der Waals surface area contributed by atoms with Crippen LogP contribution in [0.3, 0.4) is 0 Å². The predicted octanol–water partition coefficient (Wildman–Crippen LogP) is 3.37. The number of hydrogen-bond donors (Lipinski definition) is 1. The lowest BCUT2D eigenvalue weighted by Gasteiger charge is -2.24. The van der Waals surface area contributed by atoms with Gasteiger partial charge in [0.15, 0.2) is 11.6 Å². The lowest BCUT2D eigenvalue weighted by atomic mass is 10.0. The summed E-state index contributed by atoms with van der Waals surface area (Å²) in [6, 6.07) is 8.10. The first-order valence-electron chi connectivity index (χ1n) is 10.2. The molecule has 2 aliphatic rings. The van der Waals surface area contributed by atoms with Crippen molar-refractivity contribution in [3.8, 4) is 22.9 Å². The molecule has 2 N–H and O–H groups in total. The van der Waals surface area contributed by atoms with Gasteiger partial charge in [0.25, 0.3) is 0 Å². The van der Waals surface area contributed by atoms with Crippen molar-refractivity contribution in [2.75, 3.05) is 12.3 Å². The fraction of sp³-hybridized carbons (Fsp3) is 0.318. The largest absolute Gasteiger partial charge is 0.482 e. The van der Waals surface area contributed by atoms with Gasteiger partial charge in [-0.05, 0) is 37.6 Å². The minimum atomic E-state index is -2.88. The van der Waals surface area contributed by atoms with Gasteiger partial charge in [-0.3, -0.25) is 4.68 Å². The van der Waals surface area contributed by atoms with E-state index in [2.05, 4.69) is 20.5 Å². The van der Waals surface area contributed by atoms with Crippen LogP contribution in [0, 0.1) is 17.1 Å². The first kappa shape index (κ1) is 20.5. The summed E-state index contributed by atoms with van der Waals surface area (Å²) >= 11 is 0. The second-order valence-electron chi connectivity index (χ2n) is 7.99. The van der Waals surface area contributed by atoms with Crippen LogP contribution in [-0.2, 0) is 23.2 Å². The summed E-state index contributed by atoms with van der Waals surface area (Å²) in [5, 5.41) is 14.0. The van der Waals surface area contributed by atoms with Gasteiger partial charge in [0.05, 0.1) is 25.6 Å². The zero-order valence-corrected chi connectivity index (χ0v) is 18.4. The number of rotatable bonds is 0. The number of hydrogen-bond acceptors (Lipinski definition) is 7. The van der Waals surface area contributed by atoms with Crippen LogP contribution in [0.25, 0.3) is 11.1 Å². The molecule has 0 radical (unpaired) electrons. The molecule has 5 rings (SSSR count). The molecule has 8 nitrogen and oxygen atoms in total. The van der Waals surface area contributed by atoms with Crippen LogP contribution in [0.1, 0.15) is 36.4 Å². The van der Waals surface area contributed by atoms with Gasteiger partial charge >= 0.3 is 0 Å². The molecule has 0 saturated heterocycles. The Hall–Kier alpha value is -3.45. The van der Waals surface area contributed by atoms with Crippen molar-refractivity contribution in [3.05, 3.63) is 53.2 Å². The Bertz CT molecular complexity index is 1420. The van der Waals surface area contributed by atoms with Crippen LogP contribution in [0.15, 0.2) is 39.7 Å². The topological polar surface area (TPSA) is 119 Å². The number of aromatic nitrogens is 3. The van der Waals surface area contributed by atoms with Gasteiger partial charge in [0.1, 0.15) is 23.7 Å². The van der Waals surface area contributed by atoms with Gasteiger partial charge in [-0.15, -0.1) is 0 Å². The second kappa shape index (κ2) is 7.31. The fourth-order valence-electron chi connectivity index (χ4n) is 4.47. The maximum atomic E-state index is 14.2. The van der Waals surface area contributed by atoms with Crippen LogP contribution in [-0.4, -0.2) is 30.8 Å². The van der Waals surface area contributed by atoms with Gasteiger partial charge in [0, 0.05) is 42.9 Å². The third-order valence-corrected chi connectivity index (χ3v) is 8.91. The van der Waals surface area contributed by atoms with Gasteiger partial charge in [-0.2, -0.15) is 10.4 Å². The lowest BCUT2D eigenvalue weighted by molar-refractivity contribution is 0.224. The molecule has 4 heterocycles. The van der Waals surface area contributed by atoms with E-state index in [-0.39, 0.29) is 11.1 Å². The number of fused-ring (bicyclic) bond motifs is 7. The zero-order valence-electron chi connectivity index (χ0n) is 17.6. The molecule has 3 aromatic rings. The molecule has 2 aliphatic heterocycles. The molecule has 3 atom stereocenters. The number of anilines is 1. The van der Waals surface area contributed by atoms with Gasteiger partial charge in [-0.25, -0.2) is 17.9 Å². The quantitative estimate of drug-likeness (QED) is 0.558.